The Morgan fingerprint density at radius 3 is 1.50 bits per heavy atom. The zero-order chi connectivity index (χ0) is 28.6. The largest absolute Gasteiger partial charge is 0.508 e. The average Bonchev–Trinajstić information content (AvgIpc) is 2.92. The molecule has 0 fully saturated rings. The lowest BCUT2D eigenvalue weighted by Gasteiger charge is -2.16. The van der Waals surface area contributed by atoms with E-state index in [1.807, 2.05) is 26.0 Å². The van der Waals surface area contributed by atoms with Crippen molar-refractivity contribution in [3.05, 3.63) is 119 Å². The normalized spacial score (nSPS) is 10.4. The van der Waals surface area contributed by atoms with Crippen LogP contribution in [-0.4, -0.2) is 35.2 Å². The number of amides is 2. The van der Waals surface area contributed by atoms with Crippen LogP contribution in [0, 0.1) is 13.8 Å². The summed E-state index contributed by atoms with van der Waals surface area (Å²) in [6, 6.07) is 23.0. The summed E-state index contributed by atoms with van der Waals surface area (Å²) in [4.78, 5) is 25.4. The summed E-state index contributed by atoms with van der Waals surface area (Å²) >= 11 is 0. The molecule has 204 valence electrons. The molecule has 0 bridgehead atoms. The van der Waals surface area contributed by atoms with Crippen molar-refractivity contribution in [1.29, 1.82) is 0 Å². The number of hydrogen-bond donors (Lipinski definition) is 4. The highest BCUT2D eigenvalue weighted by atomic mass is 16.5. The fraction of sp³-hybridized carbons (Fsp3) is 0.125. The van der Waals surface area contributed by atoms with Crippen LogP contribution >= 0.6 is 0 Å². The highest BCUT2D eigenvalue weighted by Crippen LogP contribution is 2.29. The molecule has 0 heterocycles. The molecule has 0 aliphatic rings. The van der Waals surface area contributed by atoms with Gasteiger partial charge in [-0.05, 0) is 91.2 Å². The first kappa shape index (κ1) is 27.8. The monoisotopic (exact) mass is 538 g/mol. The second-order valence-electron chi connectivity index (χ2n) is 9.34. The average molecular weight is 539 g/mol. The Morgan fingerprint density at radius 1 is 0.675 bits per heavy atom. The van der Waals surface area contributed by atoms with Gasteiger partial charge in [-0.15, -0.1) is 0 Å². The van der Waals surface area contributed by atoms with Crippen LogP contribution in [0.2, 0.25) is 0 Å². The molecule has 4 rings (SSSR count). The SMILES string of the molecule is C=C(COc1ccc(C)cc1NC(=O)c1cccc(O)c1)COc1ccc(C)cc1NC(=O)c1cccc(O)c1. The number of hydrogen-bond acceptors (Lipinski definition) is 6. The van der Waals surface area contributed by atoms with Gasteiger partial charge >= 0.3 is 0 Å². The molecule has 0 saturated heterocycles. The molecular weight excluding hydrogens is 508 g/mol. The van der Waals surface area contributed by atoms with Gasteiger partial charge in [0.15, 0.2) is 0 Å². The van der Waals surface area contributed by atoms with E-state index in [1.165, 1.54) is 24.3 Å². The first-order chi connectivity index (χ1) is 19.2. The second-order valence-corrected chi connectivity index (χ2v) is 9.34. The number of aromatic hydroxyl groups is 2. The summed E-state index contributed by atoms with van der Waals surface area (Å²) in [6.07, 6.45) is 0. The van der Waals surface area contributed by atoms with E-state index in [0.717, 1.165) is 11.1 Å². The van der Waals surface area contributed by atoms with Crippen molar-refractivity contribution in [2.75, 3.05) is 23.8 Å². The lowest BCUT2D eigenvalue weighted by molar-refractivity contribution is 0.101. The van der Waals surface area contributed by atoms with Gasteiger partial charge < -0.3 is 30.3 Å². The summed E-state index contributed by atoms with van der Waals surface area (Å²) in [6.45, 7) is 8.08. The van der Waals surface area contributed by atoms with Gasteiger partial charge in [0.2, 0.25) is 0 Å². The molecule has 8 nitrogen and oxygen atoms in total. The van der Waals surface area contributed by atoms with E-state index in [4.69, 9.17) is 9.47 Å². The quantitative estimate of drug-likeness (QED) is 0.178. The molecule has 4 aromatic rings. The Morgan fingerprint density at radius 2 is 1.10 bits per heavy atom. The van der Waals surface area contributed by atoms with Gasteiger partial charge in [0.1, 0.15) is 36.2 Å². The van der Waals surface area contributed by atoms with E-state index in [0.29, 0.717) is 39.6 Å². The lowest BCUT2D eigenvalue weighted by atomic mass is 10.1. The van der Waals surface area contributed by atoms with E-state index in [9.17, 15) is 19.8 Å². The minimum atomic E-state index is -0.381. The summed E-state index contributed by atoms with van der Waals surface area (Å²) in [7, 11) is 0. The van der Waals surface area contributed by atoms with Crippen molar-refractivity contribution in [2.24, 2.45) is 0 Å². The highest BCUT2D eigenvalue weighted by molar-refractivity contribution is 6.06. The van der Waals surface area contributed by atoms with Gasteiger partial charge in [0, 0.05) is 11.1 Å². The number of aryl methyl sites for hydroxylation is 2. The van der Waals surface area contributed by atoms with Crippen LogP contribution in [0.5, 0.6) is 23.0 Å². The molecule has 0 aromatic heterocycles. The molecule has 4 N–H and O–H groups in total. The van der Waals surface area contributed by atoms with Crippen molar-refractivity contribution >= 4 is 23.2 Å². The molecule has 0 aliphatic heterocycles. The van der Waals surface area contributed by atoms with E-state index < -0.39 is 0 Å². The Balaban J connectivity index is 1.38. The number of carbonyl (C=O) groups excluding carboxylic acids is 2. The van der Waals surface area contributed by atoms with Gasteiger partial charge in [0.25, 0.3) is 11.8 Å². The maximum atomic E-state index is 12.7. The van der Waals surface area contributed by atoms with Gasteiger partial charge in [-0.3, -0.25) is 9.59 Å². The number of phenolic OH excluding ortho intramolecular Hbond substituents is 2. The Bertz CT molecular complexity index is 1450. The number of carbonyl (C=O) groups is 2. The molecule has 0 radical (unpaired) electrons. The first-order valence-corrected chi connectivity index (χ1v) is 12.5. The summed E-state index contributed by atoms with van der Waals surface area (Å²) in [5.41, 5.74) is 4.08. The fourth-order valence-corrected chi connectivity index (χ4v) is 3.82. The van der Waals surface area contributed by atoms with Gasteiger partial charge in [-0.2, -0.15) is 0 Å². The maximum absolute atomic E-state index is 12.7. The van der Waals surface area contributed by atoms with Crippen LogP contribution in [-0.2, 0) is 0 Å². The van der Waals surface area contributed by atoms with Crippen LogP contribution in [0.1, 0.15) is 31.8 Å². The minimum absolute atomic E-state index is 0.000304. The zero-order valence-corrected chi connectivity index (χ0v) is 22.2. The van der Waals surface area contributed by atoms with Crippen molar-refractivity contribution in [1.82, 2.24) is 0 Å². The Kier molecular flexibility index (Phi) is 8.71. The van der Waals surface area contributed by atoms with E-state index in [1.54, 1.807) is 48.5 Å². The number of anilines is 2. The van der Waals surface area contributed by atoms with Gasteiger partial charge in [-0.25, -0.2) is 0 Å². The topological polar surface area (TPSA) is 117 Å². The maximum Gasteiger partial charge on any atom is 0.255 e. The van der Waals surface area contributed by atoms with E-state index in [-0.39, 0.29) is 36.5 Å². The summed E-state index contributed by atoms with van der Waals surface area (Å²) in [5.74, 6) is 0.145. The van der Waals surface area contributed by atoms with Crippen molar-refractivity contribution in [2.45, 2.75) is 13.8 Å². The summed E-state index contributed by atoms with van der Waals surface area (Å²) < 4.78 is 11.9. The number of nitrogens with one attached hydrogen (secondary N) is 2. The summed E-state index contributed by atoms with van der Waals surface area (Å²) in [5, 5.41) is 25.0. The smallest absolute Gasteiger partial charge is 0.255 e. The minimum Gasteiger partial charge on any atom is -0.508 e. The lowest BCUT2D eigenvalue weighted by Crippen LogP contribution is -2.15. The van der Waals surface area contributed by atoms with Crippen molar-refractivity contribution < 1.29 is 29.3 Å². The van der Waals surface area contributed by atoms with Gasteiger partial charge in [-0.1, -0.05) is 30.8 Å². The Labute approximate surface area is 232 Å². The highest BCUT2D eigenvalue weighted by Gasteiger charge is 2.14. The third kappa shape index (κ3) is 7.41. The van der Waals surface area contributed by atoms with E-state index >= 15 is 0 Å². The third-order valence-corrected chi connectivity index (χ3v) is 5.85. The van der Waals surface area contributed by atoms with Crippen LogP contribution in [0.3, 0.4) is 0 Å². The standard InChI is InChI=1S/C32H30N2O6/c1-20-10-12-29(27(14-20)33-31(37)23-6-4-8-25(35)16-23)39-18-22(3)19-40-30-13-11-21(2)15-28(30)34-32(38)24-7-5-9-26(36)17-24/h4-17,35-36H,3,18-19H2,1-2H3,(H,33,37)(H,34,38). The molecule has 0 spiro atoms. The molecule has 0 atom stereocenters. The molecular formula is C32H30N2O6. The van der Waals surface area contributed by atoms with E-state index in [2.05, 4.69) is 17.2 Å². The van der Waals surface area contributed by atoms with Crippen LogP contribution in [0.15, 0.2) is 97.1 Å². The molecule has 4 aromatic carbocycles. The number of ether oxygens (including phenoxy) is 2. The molecule has 0 saturated carbocycles. The number of benzene rings is 4. The first-order valence-electron chi connectivity index (χ1n) is 12.5. The van der Waals surface area contributed by atoms with Crippen LogP contribution in [0.4, 0.5) is 11.4 Å². The molecule has 0 aliphatic carbocycles. The van der Waals surface area contributed by atoms with Crippen LogP contribution in [0.25, 0.3) is 0 Å². The van der Waals surface area contributed by atoms with Crippen molar-refractivity contribution in [3.8, 4) is 23.0 Å². The van der Waals surface area contributed by atoms with Crippen LogP contribution < -0.4 is 20.1 Å². The number of phenols is 2. The zero-order valence-electron chi connectivity index (χ0n) is 22.2. The Hall–Kier alpha value is -5.24. The molecule has 0 unspecified atom stereocenters. The third-order valence-electron chi connectivity index (χ3n) is 5.85. The molecule has 8 heteroatoms. The predicted octanol–water partition coefficient (Wildman–Crippen LogP) is 6.23. The fourth-order valence-electron chi connectivity index (χ4n) is 3.82. The molecule has 2 amide bonds. The number of rotatable bonds is 10. The molecule has 40 heavy (non-hydrogen) atoms. The van der Waals surface area contributed by atoms with Gasteiger partial charge in [0.05, 0.1) is 11.4 Å². The van der Waals surface area contributed by atoms with Crippen molar-refractivity contribution in [3.63, 3.8) is 0 Å². The predicted molar refractivity (Wildman–Crippen MR) is 155 cm³/mol. The second kappa shape index (κ2) is 12.5.